The van der Waals surface area contributed by atoms with Crippen LogP contribution < -0.4 is 0 Å². The predicted octanol–water partition coefficient (Wildman–Crippen LogP) is 3.72. The van der Waals surface area contributed by atoms with Gasteiger partial charge in [0.05, 0.1) is 12.7 Å². The van der Waals surface area contributed by atoms with Crippen LogP contribution in [0, 0.1) is 0 Å². The maximum absolute atomic E-state index is 6.24. The molecule has 4 nitrogen and oxygen atoms in total. The summed E-state index contributed by atoms with van der Waals surface area (Å²) in [7, 11) is 0. The van der Waals surface area contributed by atoms with E-state index in [2.05, 4.69) is 30.4 Å². The standard InChI is InChI=1S/C20H24O4/c1-20(2)23-18-17(21-13-15-10-4-3-5-11-15)16(22-19(18)24-20)12-14-8-6-7-9-14/h3-6,8-11,16-19H,7,12-13H2,1-2H3/t16-,17-,18-,19-/m1/s1. The summed E-state index contributed by atoms with van der Waals surface area (Å²) in [5.41, 5.74) is 2.45. The summed E-state index contributed by atoms with van der Waals surface area (Å²) in [5, 5.41) is 0. The SMILES string of the molecule is CC1(C)O[C@H]2O[C@H](CC3=CCC=C3)[C@@H](OCc3ccccc3)[C@H]2O1. The van der Waals surface area contributed by atoms with Crippen LogP contribution in [0.2, 0.25) is 0 Å². The molecule has 128 valence electrons. The molecule has 0 aromatic heterocycles. The number of ether oxygens (including phenoxy) is 4. The van der Waals surface area contributed by atoms with Gasteiger partial charge < -0.3 is 18.9 Å². The molecule has 0 N–H and O–H groups in total. The van der Waals surface area contributed by atoms with Gasteiger partial charge in [0.25, 0.3) is 0 Å². The average molecular weight is 328 g/mol. The van der Waals surface area contributed by atoms with E-state index in [0.29, 0.717) is 6.61 Å². The summed E-state index contributed by atoms with van der Waals surface area (Å²) >= 11 is 0. The lowest BCUT2D eigenvalue weighted by atomic mass is 10.0. The zero-order valence-corrected chi connectivity index (χ0v) is 14.2. The summed E-state index contributed by atoms with van der Waals surface area (Å²) in [6.07, 6.45) is 7.69. The number of hydrogen-bond donors (Lipinski definition) is 0. The first kappa shape index (κ1) is 16.0. The van der Waals surface area contributed by atoms with E-state index in [1.54, 1.807) is 0 Å². The van der Waals surface area contributed by atoms with E-state index < -0.39 is 5.79 Å². The van der Waals surface area contributed by atoms with Crippen LogP contribution in [0.5, 0.6) is 0 Å². The van der Waals surface area contributed by atoms with Crippen molar-refractivity contribution in [1.29, 1.82) is 0 Å². The summed E-state index contributed by atoms with van der Waals surface area (Å²) < 4.78 is 24.3. The van der Waals surface area contributed by atoms with E-state index in [1.165, 1.54) is 5.57 Å². The topological polar surface area (TPSA) is 36.9 Å². The maximum Gasteiger partial charge on any atom is 0.190 e. The van der Waals surface area contributed by atoms with Crippen LogP contribution in [-0.2, 0) is 25.6 Å². The smallest absolute Gasteiger partial charge is 0.190 e. The molecule has 4 heteroatoms. The normalized spacial score (nSPS) is 33.7. The fourth-order valence-electron chi connectivity index (χ4n) is 3.57. The Bertz CT molecular complexity index is 634. The van der Waals surface area contributed by atoms with Crippen molar-refractivity contribution >= 4 is 0 Å². The fraction of sp³-hybridized carbons (Fsp3) is 0.500. The van der Waals surface area contributed by atoms with Crippen LogP contribution in [-0.4, -0.2) is 30.4 Å². The van der Waals surface area contributed by atoms with E-state index >= 15 is 0 Å². The first-order valence-electron chi connectivity index (χ1n) is 8.63. The molecule has 2 fully saturated rings. The van der Waals surface area contributed by atoms with E-state index in [9.17, 15) is 0 Å². The van der Waals surface area contributed by atoms with Gasteiger partial charge in [0.2, 0.25) is 0 Å². The minimum Gasteiger partial charge on any atom is -0.368 e. The fourth-order valence-corrected chi connectivity index (χ4v) is 3.57. The Morgan fingerprint density at radius 2 is 2.00 bits per heavy atom. The molecule has 24 heavy (non-hydrogen) atoms. The minimum absolute atomic E-state index is 0.0474. The molecule has 0 bridgehead atoms. The Balaban J connectivity index is 1.47. The van der Waals surface area contributed by atoms with Crippen LogP contribution in [0.4, 0.5) is 0 Å². The number of rotatable bonds is 5. The molecule has 2 saturated heterocycles. The number of hydrogen-bond acceptors (Lipinski definition) is 4. The van der Waals surface area contributed by atoms with Crippen molar-refractivity contribution in [3.63, 3.8) is 0 Å². The Labute approximate surface area is 143 Å². The van der Waals surface area contributed by atoms with Crippen molar-refractivity contribution in [2.24, 2.45) is 0 Å². The van der Waals surface area contributed by atoms with E-state index in [-0.39, 0.29) is 24.6 Å². The van der Waals surface area contributed by atoms with Gasteiger partial charge in [-0.25, -0.2) is 0 Å². The Morgan fingerprint density at radius 3 is 2.75 bits per heavy atom. The van der Waals surface area contributed by atoms with Crippen LogP contribution in [0.1, 0.15) is 32.3 Å². The van der Waals surface area contributed by atoms with E-state index in [1.807, 2.05) is 32.0 Å². The minimum atomic E-state index is -0.624. The zero-order chi connectivity index (χ0) is 16.6. The summed E-state index contributed by atoms with van der Waals surface area (Å²) in [6.45, 7) is 4.38. The first-order chi connectivity index (χ1) is 11.6. The largest absolute Gasteiger partial charge is 0.368 e. The molecule has 2 aliphatic heterocycles. The van der Waals surface area contributed by atoms with E-state index in [4.69, 9.17) is 18.9 Å². The third kappa shape index (κ3) is 3.33. The highest BCUT2D eigenvalue weighted by atomic mass is 16.8. The molecule has 0 unspecified atom stereocenters. The van der Waals surface area contributed by atoms with Gasteiger partial charge in [0, 0.05) is 6.42 Å². The van der Waals surface area contributed by atoms with Gasteiger partial charge in [-0.2, -0.15) is 0 Å². The number of benzene rings is 1. The van der Waals surface area contributed by atoms with Gasteiger partial charge in [-0.15, -0.1) is 0 Å². The van der Waals surface area contributed by atoms with Crippen molar-refractivity contribution in [3.05, 3.63) is 59.7 Å². The predicted molar refractivity (Wildman–Crippen MR) is 90.2 cm³/mol. The van der Waals surface area contributed by atoms with Crippen molar-refractivity contribution in [2.45, 2.75) is 63.7 Å². The van der Waals surface area contributed by atoms with Crippen LogP contribution >= 0.6 is 0 Å². The number of allylic oxidation sites excluding steroid dienone is 3. The molecule has 2 heterocycles. The lowest BCUT2D eigenvalue weighted by Gasteiger charge is -2.26. The van der Waals surface area contributed by atoms with Crippen molar-refractivity contribution in [3.8, 4) is 0 Å². The van der Waals surface area contributed by atoms with Crippen LogP contribution in [0.25, 0.3) is 0 Å². The molecule has 0 saturated carbocycles. The molecular weight excluding hydrogens is 304 g/mol. The van der Waals surface area contributed by atoms with Gasteiger partial charge >= 0.3 is 0 Å². The van der Waals surface area contributed by atoms with Crippen LogP contribution in [0.15, 0.2) is 54.1 Å². The summed E-state index contributed by atoms with van der Waals surface area (Å²) in [6, 6.07) is 10.2. The first-order valence-corrected chi connectivity index (χ1v) is 8.63. The quantitative estimate of drug-likeness (QED) is 0.825. The molecule has 4 rings (SSSR count). The molecule has 3 aliphatic rings. The molecule has 0 amide bonds. The monoisotopic (exact) mass is 328 g/mol. The highest BCUT2D eigenvalue weighted by molar-refractivity contribution is 5.27. The van der Waals surface area contributed by atoms with Crippen LogP contribution in [0.3, 0.4) is 0 Å². The maximum atomic E-state index is 6.24. The Hall–Kier alpha value is -1.46. The summed E-state index contributed by atoms with van der Waals surface area (Å²) in [4.78, 5) is 0. The molecule has 1 aliphatic carbocycles. The Morgan fingerprint density at radius 1 is 1.17 bits per heavy atom. The van der Waals surface area contributed by atoms with Gasteiger partial charge in [-0.3, -0.25) is 0 Å². The number of fused-ring (bicyclic) bond motifs is 1. The Kier molecular flexibility index (Phi) is 4.31. The van der Waals surface area contributed by atoms with Gasteiger partial charge in [0.1, 0.15) is 12.2 Å². The van der Waals surface area contributed by atoms with Crippen molar-refractivity contribution in [2.75, 3.05) is 0 Å². The van der Waals surface area contributed by atoms with E-state index in [0.717, 1.165) is 18.4 Å². The highest BCUT2D eigenvalue weighted by Crippen LogP contribution is 2.41. The molecule has 1 aromatic carbocycles. The molecule has 0 spiro atoms. The van der Waals surface area contributed by atoms with Gasteiger partial charge in [0.15, 0.2) is 12.1 Å². The second-order valence-electron chi connectivity index (χ2n) is 7.03. The third-order valence-electron chi connectivity index (χ3n) is 4.66. The van der Waals surface area contributed by atoms with Crippen molar-refractivity contribution in [1.82, 2.24) is 0 Å². The van der Waals surface area contributed by atoms with Crippen molar-refractivity contribution < 1.29 is 18.9 Å². The van der Waals surface area contributed by atoms with Gasteiger partial charge in [-0.05, 0) is 31.4 Å². The average Bonchev–Trinajstić information content (AvgIpc) is 3.22. The molecule has 0 radical (unpaired) electrons. The second kappa shape index (κ2) is 6.45. The third-order valence-corrected chi connectivity index (χ3v) is 4.66. The van der Waals surface area contributed by atoms with Gasteiger partial charge in [-0.1, -0.05) is 48.6 Å². The highest BCUT2D eigenvalue weighted by Gasteiger charge is 2.55. The molecular formula is C20H24O4. The molecule has 4 atom stereocenters. The second-order valence-corrected chi connectivity index (χ2v) is 7.03. The lowest BCUT2D eigenvalue weighted by molar-refractivity contribution is -0.218. The summed E-state index contributed by atoms with van der Waals surface area (Å²) in [5.74, 6) is -0.624. The lowest BCUT2D eigenvalue weighted by Crippen LogP contribution is -2.37. The zero-order valence-electron chi connectivity index (χ0n) is 14.2. The molecule has 1 aromatic rings.